The molecule has 104 valence electrons. The predicted octanol–water partition coefficient (Wildman–Crippen LogP) is 2.00. The molecular formula is C14H16N4O2. The summed E-state index contributed by atoms with van der Waals surface area (Å²) in [5.41, 5.74) is 4.37. The number of aromatic hydroxyl groups is 1. The van der Waals surface area contributed by atoms with Crippen molar-refractivity contribution in [2.24, 2.45) is 5.10 Å². The standard InChI is InChI=1S/C14H16N4O2/c1-9(2)12-7-13(17-16-12)14(20)18-15-8-10-3-5-11(19)6-4-10/h3-9,19H,1-2H3,(H,16,17)(H,18,20)/b15-8+. The Balaban J connectivity index is 1.95. The number of amides is 1. The van der Waals surface area contributed by atoms with Gasteiger partial charge in [-0.3, -0.25) is 9.89 Å². The highest BCUT2D eigenvalue weighted by atomic mass is 16.3. The van der Waals surface area contributed by atoms with Crippen molar-refractivity contribution in [1.29, 1.82) is 0 Å². The third kappa shape index (κ3) is 3.44. The van der Waals surface area contributed by atoms with Gasteiger partial charge in [-0.1, -0.05) is 13.8 Å². The van der Waals surface area contributed by atoms with Gasteiger partial charge in [0.1, 0.15) is 5.75 Å². The lowest BCUT2D eigenvalue weighted by atomic mass is 10.1. The normalized spacial score (nSPS) is 11.2. The third-order valence-electron chi connectivity index (χ3n) is 2.73. The first-order valence-corrected chi connectivity index (χ1v) is 6.24. The molecule has 1 heterocycles. The Morgan fingerprint density at radius 1 is 1.40 bits per heavy atom. The van der Waals surface area contributed by atoms with Crippen LogP contribution in [0.25, 0.3) is 0 Å². The Morgan fingerprint density at radius 2 is 2.10 bits per heavy atom. The van der Waals surface area contributed by atoms with E-state index in [4.69, 9.17) is 5.11 Å². The van der Waals surface area contributed by atoms with E-state index in [0.717, 1.165) is 11.3 Å². The van der Waals surface area contributed by atoms with Gasteiger partial charge in [-0.15, -0.1) is 0 Å². The summed E-state index contributed by atoms with van der Waals surface area (Å²) in [6.45, 7) is 4.02. The van der Waals surface area contributed by atoms with E-state index in [1.165, 1.54) is 6.21 Å². The van der Waals surface area contributed by atoms with Crippen LogP contribution in [0.3, 0.4) is 0 Å². The Bertz CT molecular complexity index is 614. The van der Waals surface area contributed by atoms with Gasteiger partial charge in [0, 0.05) is 5.69 Å². The van der Waals surface area contributed by atoms with Gasteiger partial charge < -0.3 is 5.11 Å². The number of carbonyl (C=O) groups excluding carboxylic acids is 1. The molecule has 0 aliphatic heterocycles. The fourth-order valence-corrected chi connectivity index (χ4v) is 1.53. The molecule has 0 bridgehead atoms. The van der Waals surface area contributed by atoms with Crippen LogP contribution in [0, 0.1) is 0 Å². The highest BCUT2D eigenvalue weighted by Crippen LogP contribution is 2.11. The number of nitrogens with one attached hydrogen (secondary N) is 2. The molecule has 0 saturated carbocycles. The highest BCUT2D eigenvalue weighted by Gasteiger charge is 2.10. The number of phenolic OH excluding ortho intramolecular Hbond substituents is 1. The second-order valence-corrected chi connectivity index (χ2v) is 4.65. The van der Waals surface area contributed by atoms with Gasteiger partial charge in [0.15, 0.2) is 5.69 Å². The van der Waals surface area contributed by atoms with Gasteiger partial charge in [-0.05, 0) is 41.8 Å². The van der Waals surface area contributed by atoms with Crippen LogP contribution in [0.15, 0.2) is 35.4 Å². The van der Waals surface area contributed by atoms with Crippen LogP contribution in [0.5, 0.6) is 5.75 Å². The monoisotopic (exact) mass is 272 g/mol. The summed E-state index contributed by atoms with van der Waals surface area (Å²) in [6, 6.07) is 8.18. The van der Waals surface area contributed by atoms with E-state index in [1.807, 2.05) is 13.8 Å². The molecule has 0 saturated heterocycles. The fraction of sp³-hybridized carbons (Fsp3) is 0.214. The first-order chi connectivity index (χ1) is 9.56. The van der Waals surface area contributed by atoms with Crippen molar-refractivity contribution >= 4 is 12.1 Å². The minimum absolute atomic E-state index is 0.184. The minimum atomic E-state index is -0.372. The number of hydrogen-bond donors (Lipinski definition) is 3. The maximum absolute atomic E-state index is 11.8. The van der Waals surface area contributed by atoms with Crippen molar-refractivity contribution in [3.63, 3.8) is 0 Å². The summed E-state index contributed by atoms with van der Waals surface area (Å²) in [5, 5.41) is 19.7. The quantitative estimate of drug-likeness (QED) is 0.587. The zero-order valence-electron chi connectivity index (χ0n) is 11.3. The van der Waals surface area contributed by atoms with Crippen LogP contribution >= 0.6 is 0 Å². The summed E-state index contributed by atoms with van der Waals surface area (Å²) < 4.78 is 0. The Morgan fingerprint density at radius 3 is 2.70 bits per heavy atom. The molecule has 20 heavy (non-hydrogen) atoms. The number of aromatic nitrogens is 2. The number of H-pyrrole nitrogens is 1. The molecule has 6 heteroatoms. The van der Waals surface area contributed by atoms with E-state index >= 15 is 0 Å². The zero-order valence-corrected chi connectivity index (χ0v) is 11.3. The van der Waals surface area contributed by atoms with Gasteiger partial charge in [0.2, 0.25) is 0 Å². The fourth-order valence-electron chi connectivity index (χ4n) is 1.53. The SMILES string of the molecule is CC(C)c1cc(C(=O)N/N=C/c2ccc(O)cc2)n[nH]1. The number of aromatic amines is 1. The maximum Gasteiger partial charge on any atom is 0.291 e. The van der Waals surface area contributed by atoms with Gasteiger partial charge in [-0.25, -0.2) is 5.43 Å². The molecule has 0 aliphatic carbocycles. The molecule has 3 N–H and O–H groups in total. The number of carbonyl (C=O) groups is 1. The van der Waals surface area contributed by atoms with Crippen molar-refractivity contribution in [2.75, 3.05) is 0 Å². The summed E-state index contributed by atoms with van der Waals surface area (Å²) >= 11 is 0. The van der Waals surface area contributed by atoms with E-state index < -0.39 is 0 Å². The summed E-state index contributed by atoms with van der Waals surface area (Å²) in [7, 11) is 0. The molecule has 2 rings (SSSR count). The number of rotatable bonds is 4. The van der Waals surface area contributed by atoms with Crippen LogP contribution in [-0.2, 0) is 0 Å². The smallest absolute Gasteiger partial charge is 0.291 e. The van der Waals surface area contributed by atoms with E-state index in [9.17, 15) is 4.79 Å². The molecule has 2 aromatic rings. The Hall–Kier alpha value is -2.63. The van der Waals surface area contributed by atoms with E-state index in [2.05, 4.69) is 20.7 Å². The molecule has 6 nitrogen and oxygen atoms in total. The lowest BCUT2D eigenvalue weighted by molar-refractivity contribution is 0.0950. The molecular weight excluding hydrogens is 256 g/mol. The van der Waals surface area contributed by atoms with Crippen molar-refractivity contribution in [1.82, 2.24) is 15.6 Å². The van der Waals surface area contributed by atoms with E-state index in [1.54, 1.807) is 30.3 Å². The molecule has 0 spiro atoms. The number of hydrazone groups is 1. The number of nitrogens with zero attached hydrogens (tertiary/aromatic N) is 2. The predicted molar refractivity (Wildman–Crippen MR) is 75.8 cm³/mol. The van der Waals surface area contributed by atoms with Crippen molar-refractivity contribution < 1.29 is 9.90 Å². The van der Waals surface area contributed by atoms with E-state index in [0.29, 0.717) is 5.69 Å². The van der Waals surface area contributed by atoms with Crippen molar-refractivity contribution in [3.05, 3.63) is 47.3 Å². The lowest BCUT2D eigenvalue weighted by Crippen LogP contribution is -2.18. The van der Waals surface area contributed by atoms with Gasteiger partial charge in [0.05, 0.1) is 6.21 Å². The number of phenols is 1. The molecule has 0 fully saturated rings. The first-order valence-electron chi connectivity index (χ1n) is 6.24. The maximum atomic E-state index is 11.8. The summed E-state index contributed by atoms with van der Waals surface area (Å²) in [4.78, 5) is 11.8. The van der Waals surface area contributed by atoms with Crippen molar-refractivity contribution in [2.45, 2.75) is 19.8 Å². The molecule has 1 amide bonds. The Kier molecular flexibility index (Phi) is 4.14. The van der Waals surface area contributed by atoms with Crippen LogP contribution in [0.4, 0.5) is 0 Å². The van der Waals surface area contributed by atoms with E-state index in [-0.39, 0.29) is 17.6 Å². The average molecular weight is 272 g/mol. The first kappa shape index (κ1) is 13.8. The minimum Gasteiger partial charge on any atom is -0.508 e. The summed E-state index contributed by atoms with van der Waals surface area (Å²) in [6.07, 6.45) is 1.49. The number of benzene rings is 1. The van der Waals surface area contributed by atoms with Crippen LogP contribution in [-0.4, -0.2) is 27.4 Å². The molecule has 0 unspecified atom stereocenters. The zero-order chi connectivity index (χ0) is 14.5. The van der Waals surface area contributed by atoms with Crippen LogP contribution in [0.2, 0.25) is 0 Å². The van der Waals surface area contributed by atoms with Crippen molar-refractivity contribution in [3.8, 4) is 5.75 Å². The van der Waals surface area contributed by atoms with Gasteiger partial charge in [0.25, 0.3) is 5.91 Å². The highest BCUT2D eigenvalue weighted by molar-refractivity contribution is 5.93. The second kappa shape index (κ2) is 6.01. The molecule has 0 radical (unpaired) electrons. The third-order valence-corrected chi connectivity index (χ3v) is 2.73. The Labute approximate surface area is 116 Å². The average Bonchev–Trinajstić information content (AvgIpc) is 2.91. The van der Waals surface area contributed by atoms with Gasteiger partial charge in [-0.2, -0.15) is 10.2 Å². The molecule has 0 atom stereocenters. The van der Waals surface area contributed by atoms with Crippen LogP contribution in [0.1, 0.15) is 41.5 Å². The lowest BCUT2D eigenvalue weighted by Gasteiger charge is -1.97. The molecule has 1 aromatic carbocycles. The molecule has 0 aliphatic rings. The largest absolute Gasteiger partial charge is 0.508 e. The van der Waals surface area contributed by atoms with Crippen LogP contribution < -0.4 is 5.43 Å². The number of hydrogen-bond acceptors (Lipinski definition) is 4. The van der Waals surface area contributed by atoms with Gasteiger partial charge >= 0.3 is 0 Å². The summed E-state index contributed by atoms with van der Waals surface area (Å²) in [5.74, 6) is 0.0941. The second-order valence-electron chi connectivity index (χ2n) is 4.65. The molecule has 1 aromatic heterocycles. The topological polar surface area (TPSA) is 90.4 Å².